The molecular formula is C12H15ClN2O2S. The third-order valence-electron chi connectivity index (χ3n) is 3.89. The predicted molar refractivity (Wildman–Crippen MR) is 70.1 cm³/mol. The number of piperidine rings is 1. The Labute approximate surface area is 112 Å². The highest BCUT2D eigenvalue weighted by Crippen LogP contribution is 2.42. The van der Waals surface area contributed by atoms with Crippen molar-refractivity contribution in [2.24, 2.45) is 11.8 Å². The highest BCUT2D eigenvalue weighted by molar-refractivity contribution is 7.89. The highest BCUT2D eigenvalue weighted by Gasteiger charge is 2.54. The number of hydrogen-bond acceptors (Lipinski definition) is 3. The Morgan fingerprint density at radius 1 is 1.33 bits per heavy atom. The van der Waals surface area contributed by atoms with Crippen molar-refractivity contribution in [3.63, 3.8) is 0 Å². The SMILES string of the molecule is Cc1c(Cl)cccc1S(=O)(=O)NC1C2CNCC21. The van der Waals surface area contributed by atoms with Crippen molar-refractivity contribution in [3.05, 3.63) is 28.8 Å². The molecule has 0 radical (unpaired) electrons. The summed E-state index contributed by atoms with van der Waals surface area (Å²) >= 11 is 5.97. The van der Waals surface area contributed by atoms with E-state index in [-0.39, 0.29) is 10.9 Å². The zero-order valence-electron chi connectivity index (χ0n) is 9.98. The molecule has 0 amide bonds. The molecule has 2 N–H and O–H groups in total. The molecule has 1 heterocycles. The molecule has 0 bridgehead atoms. The molecule has 2 aliphatic rings. The summed E-state index contributed by atoms with van der Waals surface area (Å²) in [6, 6.07) is 5.06. The van der Waals surface area contributed by atoms with Crippen molar-refractivity contribution in [2.75, 3.05) is 13.1 Å². The Morgan fingerprint density at radius 2 is 2.00 bits per heavy atom. The van der Waals surface area contributed by atoms with Gasteiger partial charge in [-0.3, -0.25) is 0 Å². The van der Waals surface area contributed by atoms with Crippen molar-refractivity contribution < 1.29 is 8.42 Å². The number of hydrogen-bond donors (Lipinski definition) is 2. The van der Waals surface area contributed by atoms with Crippen LogP contribution in [0.2, 0.25) is 5.02 Å². The maximum atomic E-state index is 12.3. The van der Waals surface area contributed by atoms with Gasteiger partial charge in [0, 0.05) is 11.1 Å². The number of nitrogens with one attached hydrogen (secondary N) is 2. The van der Waals surface area contributed by atoms with Gasteiger partial charge in [0.1, 0.15) is 0 Å². The molecule has 1 aromatic rings. The maximum absolute atomic E-state index is 12.3. The van der Waals surface area contributed by atoms with Gasteiger partial charge >= 0.3 is 0 Å². The lowest BCUT2D eigenvalue weighted by molar-refractivity contribution is 0.564. The molecule has 1 aliphatic heterocycles. The van der Waals surface area contributed by atoms with Gasteiger partial charge in [-0.15, -0.1) is 0 Å². The van der Waals surface area contributed by atoms with Crippen LogP contribution in [-0.4, -0.2) is 27.5 Å². The van der Waals surface area contributed by atoms with Crippen LogP contribution in [-0.2, 0) is 10.0 Å². The normalized spacial score (nSPS) is 30.2. The minimum Gasteiger partial charge on any atom is -0.316 e. The summed E-state index contributed by atoms with van der Waals surface area (Å²) in [7, 11) is -3.45. The monoisotopic (exact) mass is 286 g/mol. The lowest BCUT2D eigenvalue weighted by atomic mass is 10.2. The molecule has 18 heavy (non-hydrogen) atoms. The van der Waals surface area contributed by atoms with Gasteiger partial charge in [-0.05, 0) is 49.5 Å². The molecule has 0 spiro atoms. The zero-order chi connectivity index (χ0) is 12.9. The van der Waals surface area contributed by atoms with Crippen LogP contribution in [0.3, 0.4) is 0 Å². The Bertz CT molecular complexity index is 578. The first-order chi connectivity index (χ1) is 8.50. The molecule has 1 aromatic carbocycles. The quantitative estimate of drug-likeness (QED) is 0.876. The first-order valence-electron chi connectivity index (χ1n) is 5.99. The van der Waals surface area contributed by atoms with E-state index in [1.54, 1.807) is 25.1 Å². The topological polar surface area (TPSA) is 58.2 Å². The van der Waals surface area contributed by atoms with Crippen molar-refractivity contribution in [1.29, 1.82) is 0 Å². The standard InChI is InChI=1S/C12H15ClN2O2S/c1-7-10(13)3-2-4-11(7)18(16,17)15-12-8-5-14-6-9(8)12/h2-4,8-9,12,14-15H,5-6H2,1H3. The first kappa shape index (κ1) is 12.4. The smallest absolute Gasteiger partial charge is 0.241 e. The summed E-state index contributed by atoms with van der Waals surface area (Å²) in [6.07, 6.45) is 0. The van der Waals surface area contributed by atoms with E-state index in [1.807, 2.05) is 0 Å². The molecule has 1 aliphatic carbocycles. The molecule has 2 fully saturated rings. The van der Waals surface area contributed by atoms with E-state index in [1.165, 1.54) is 0 Å². The van der Waals surface area contributed by atoms with E-state index in [0.29, 0.717) is 22.4 Å². The molecule has 2 atom stereocenters. The molecule has 3 rings (SSSR count). The lowest BCUT2D eigenvalue weighted by Crippen LogP contribution is -2.32. The van der Waals surface area contributed by atoms with Crippen molar-refractivity contribution >= 4 is 21.6 Å². The fraction of sp³-hybridized carbons (Fsp3) is 0.500. The van der Waals surface area contributed by atoms with Gasteiger partial charge < -0.3 is 5.32 Å². The minimum absolute atomic E-state index is 0.0923. The van der Waals surface area contributed by atoms with Gasteiger partial charge in [0.15, 0.2) is 0 Å². The van der Waals surface area contributed by atoms with Gasteiger partial charge in [-0.25, -0.2) is 13.1 Å². The third-order valence-corrected chi connectivity index (χ3v) is 5.90. The van der Waals surface area contributed by atoms with Crippen LogP contribution in [0.4, 0.5) is 0 Å². The van der Waals surface area contributed by atoms with Gasteiger partial charge in [0.2, 0.25) is 10.0 Å². The summed E-state index contributed by atoms with van der Waals surface area (Å²) in [5.74, 6) is 0.915. The van der Waals surface area contributed by atoms with Crippen molar-refractivity contribution in [2.45, 2.75) is 17.9 Å². The van der Waals surface area contributed by atoms with E-state index >= 15 is 0 Å². The van der Waals surface area contributed by atoms with E-state index in [9.17, 15) is 8.42 Å². The van der Waals surface area contributed by atoms with Gasteiger partial charge in [-0.1, -0.05) is 17.7 Å². The summed E-state index contributed by atoms with van der Waals surface area (Å²) in [5, 5.41) is 3.72. The van der Waals surface area contributed by atoms with Crippen LogP contribution in [0.15, 0.2) is 23.1 Å². The maximum Gasteiger partial charge on any atom is 0.241 e. The fourth-order valence-corrected chi connectivity index (χ4v) is 4.55. The fourth-order valence-electron chi connectivity index (χ4n) is 2.71. The Balaban J connectivity index is 1.84. The molecule has 2 unspecified atom stereocenters. The number of sulfonamides is 1. The van der Waals surface area contributed by atoms with Crippen LogP contribution >= 0.6 is 11.6 Å². The number of halogens is 1. The predicted octanol–water partition coefficient (Wildman–Crippen LogP) is 1.14. The largest absolute Gasteiger partial charge is 0.316 e. The Morgan fingerprint density at radius 3 is 2.67 bits per heavy atom. The van der Waals surface area contributed by atoms with Gasteiger partial charge in [0.25, 0.3) is 0 Å². The molecule has 0 aromatic heterocycles. The molecule has 1 saturated carbocycles. The molecule has 6 heteroatoms. The Kier molecular flexibility index (Phi) is 2.90. The molecule has 4 nitrogen and oxygen atoms in total. The molecule has 98 valence electrons. The van der Waals surface area contributed by atoms with Crippen LogP contribution < -0.4 is 10.0 Å². The average molecular weight is 287 g/mol. The second kappa shape index (κ2) is 4.20. The summed E-state index contributed by atoms with van der Waals surface area (Å²) < 4.78 is 27.4. The zero-order valence-corrected chi connectivity index (χ0v) is 11.6. The van der Waals surface area contributed by atoms with E-state index < -0.39 is 10.0 Å². The van der Waals surface area contributed by atoms with Crippen molar-refractivity contribution in [1.82, 2.24) is 10.0 Å². The summed E-state index contributed by atoms with van der Waals surface area (Å²) in [6.45, 7) is 3.55. The average Bonchev–Trinajstić information content (AvgIpc) is 2.76. The lowest BCUT2D eigenvalue weighted by Gasteiger charge is -2.11. The van der Waals surface area contributed by atoms with E-state index in [4.69, 9.17) is 11.6 Å². The second-order valence-electron chi connectivity index (χ2n) is 5.00. The number of fused-ring (bicyclic) bond motifs is 1. The van der Waals surface area contributed by atoms with Gasteiger partial charge in [-0.2, -0.15) is 0 Å². The van der Waals surface area contributed by atoms with Crippen LogP contribution in [0.25, 0.3) is 0 Å². The third kappa shape index (κ3) is 1.95. The van der Waals surface area contributed by atoms with Crippen LogP contribution in [0.1, 0.15) is 5.56 Å². The molecular weight excluding hydrogens is 272 g/mol. The van der Waals surface area contributed by atoms with E-state index in [0.717, 1.165) is 13.1 Å². The van der Waals surface area contributed by atoms with Crippen LogP contribution in [0, 0.1) is 18.8 Å². The Hall–Kier alpha value is -0.620. The first-order valence-corrected chi connectivity index (χ1v) is 7.85. The molecule has 1 saturated heterocycles. The van der Waals surface area contributed by atoms with Crippen molar-refractivity contribution in [3.8, 4) is 0 Å². The highest BCUT2D eigenvalue weighted by atomic mass is 35.5. The van der Waals surface area contributed by atoms with E-state index in [2.05, 4.69) is 10.0 Å². The van der Waals surface area contributed by atoms with Gasteiger partial charge in [0.05, 0.1) is 4.90 Å². The summed E-state index contributed by atoms with van der Waals surface area (Å²) in [4.78, 5) is 0.285. The second-order valence-corrected chi connectivity index (χ2v) is 7.09. The number of benzene rings is 1. The summed E-state index contributed by atoms with van der Waals surface area (Å²) in [5.41, 5.74) is 0.607. The minimum atomic E-state index is -3.45. The van der Waals surface area contributed by atoms with Crippen LogP contribution in [0.5, 0.6) is 0 Å². The number of rotatable bonds is 3.